The third-order valence-electron chi connectivity index (χ3n) is 4.26. The maximum atomic E-state index is 12.1. The van der Waals surface area contributed by atoms with Crippen molar-refractivity contribution < 1.29 is 19.1 Å². The van der Waals surface area contributed by atoms with Crippen molar-refractivity contribution in [3.05, 3.63) is 54.1 Å². The Morgan fingerprint density at radius 2 is 1.44 bits per heavy atom. The van der Waals surface area contributed by atoms with E-state index in [0.29, 0.717) is 18.8 Å². The largest absolute Gasteiger partial charge is 0.497 e. The second-order valence-electron chi connectivity index (χ2n) is 6.13. The first-order chi connectivity index (χ1) is 13.0. The lowest BCUT2D eigenvalue weighted by atomic mass is 10.1. The second kappa shape index (κ2) is 10.2. The van der Waals surface area contributed by atoms with E-state index in [0.717, 1.165) is 23.5 Å². The summed E-state index contributed by atoms with van der Waals surface area (Å²) in [6, 6.07) is 14.9. The molecule has 0 saturated carbocycles. The molecule has 0 spiro atoms. The lowest BCUT2D eigenvalue weighted by molar-refractivity contribution is -0.129. The maximum Gasteiger partial charge on any atom is 0.226 e. The molecule has 0 fully saturated rings. The number of nitrogens with one attached hydrogen (secondary N) is 1. The predicted molar refractivity (Wildman–Crippen MR) is 105 cm³/mol. The van der Waals surface area contributed by atoms with Crippen molar-refractivity contribution >= 4 is 17.5 Å². The molecule has 2 aromatic rings. The molecule has 0 aliphatic heterocycles. The van der Waals surface area contributed by atoms with Crippen LogP contribution in [0.2, 0.25) is 0 Å². The van der Waals surface area contributed by atoms with E-state index in [1.807, 2.05) is 24.3 Å². The molecule has 27 heavy (non-hydrogen) atoms. The first-order valence-electron chi connectivity index (χ1n) is 8.84. The van der Waals surface area contributed by atoms with Gasteiger partial charge in [-0.2, -0.15) is 0 Å². The molecular formula is C21H26N2O4. The molecule has 6 heteroatoms. The monoisotopic (exact) mass is 370 g/mol. The number of carbonyl (C=O) groups is 2. The molecule has 0 aliphatic rings. The fourth-order valence-corrected chi connectivity index (χ4v) is 2.62. The fraction of sp³-hybridized carbons (Fsp3) is 0.333. The summed E-state index contributed by atoms with van der Waals surface area (Å²) in [5.74, 6) is 1.36. The molecule has 1 N–H and O–H groups in total. The smallest absolute Gasteiger partial charge is 0.226 e. The minimum atomic E-state index is -0.129. The molecule has 6 nitrogen and oxygen atoms in total. The number of amides is 2. The van der Waals surface area contributed by atoms with Gasteiger partial charge < -0.3 is 19.7 Å². The molecule has 0 atom stereocenters. The van der Waals surface area contributed by atoms with Gasteiger partial charge >= 0.3 is 0 Å². The Morgan fingerprint density at radius 3 is 1.96 bits per heavy atom. The Labute approximate surface area is 160 Å². The standard InChI is InChI=1S/C21H26N2O4/c1-16(24)23(14-12-17-4-8-19(26-2)9-5-17)15-13-21(25)22-18-6-10-20(27-3)11-7-18/h4-11H,12-15H2,1-3H3,(H,22,25). The van der Waals surface area contributed by atoms with Gasteiger partial charge in [0.05, 0.1) is 14.2 Å². The lowest BCUT2D eigenvalue weighted by Gasteiger charge is -2.21. The van der Waals surface area contributed by atoms with Crippen molar-refractivity contribution in [2.75, 3.05) is 32.6 Å². The topological polar surface area (TPSA) is 67.9 Å². The summed E-state index contributed by atoms with van der Waals surface area (Å²) in [4.78, 5) is 25.7. The van der Waals surface area contributed by atoms with Crippen LogP contribution in [0.4, 0.5) is 5.69 Å². The molecule has 0 radical (unpaired) electrons. The fourth-order valence-electron chi connectivity index (χ4n) is 2.62. The van der Waals surface area contributed by atoms with Crippen molar-refractivity contribution in [3.8, 4) is 11.5 Å². The van der Waals surface area contributed by atoms with Crippen LogP contribution < -0.4 is 14.8 Å². The zero-order valence-corrected chi connectivity index (χ0v) is 16.0. The van der Waals surface area contributed by atoms with E-state index in [4.69, 9.17) is 9.47 Å². The summed E-state index contributed by atoms with van der Waals surface area (Å²) in [6.45, 7) is 2.47. The van der Waals surface area contributed by atoms with Crippen molar-refractivity contribution in [1.82, 2.24) is 4.90 Å². The summed E-state index contributed by atoms with van der Waals surface area (Å²) >= 11 is 0. The molecule has 0 bridgehead atoms. The average Bonchev–Trinajstić information content (AvgIpc) is 2.68. The molecule has 0 saturated heterocycles. The third kappa shape index (κ3) is 6.66. The van der Waals surface area contributed by atoms with Crippen LogP contribution in [0.5, 0.6) is 11.5 Å². The number of rotatable bonds is 9. The number of benzene rings is 2. The Bertz CT molecular complexity index is 742. The van der Waals surface area contributed by atoms with E-state index in [9.17, 15) is 9.59 Å². The van der Waals surface area contributed by atoms with E-state index < -0.39 is 0 Å². The van der Waals surface area contributed by atoms with E-state index in [1.165, 1.54) is 6.92 Å². The van der Waals surface area contributed by atoms with E-state index >= 15 is 0 Å². The van der Waals surface area contributed by atoms with Gasteiger partial charge in [0.25, 0.3) is 0 Å². The molecular weight excluding hydrogens is 344 g/mol. The Hall–Kier alpha value is -3.02. The first-order valence-corrected chi connectivity index (χ1v) is 8.84. The lowest BCUT2D eigenvalue weighted by Crippen LogP contribution is -2.33. The number of hydrogen-bond donors (Lipinski definition) is 1. The molecule has 0 unspecified atom stereocenters. The molecule has 144 valence electrons. The van der Waals surface area contributed by atoms with Crippen molar-refractivity contribution in [1.29, 1.82) is 0 Å². The number of methoxy groups -OCH3 is 2. The molecule has 0 aliphatic carbocycles. The zero-order valence-electron chi connectivity index (χ0n) is 16.0. The summed E-state index contributed by atoms with van der Waals surface area (Å²) in [7, 11) is 3.22. The number of nitrogens with zero attached hydrogens (tertiary/aromatic N) is 1. The third-order valence-corrected chi connectivity index (χ3v) is 4.26. The van der Waals surface area contributed by atoms with Crippen LogP contribution in [0.1, 0.15) is 18.9 Å². The highest BCUT2D eigenvalue weighted by atomic mass is 16.5. The van der Waals surface area contributed by atoms with Crippen LogP contribution in [0.3, 0.4) is 0 Å². The van der Waals surface area contributed by atoms with Gasteiger partial charge in [0.15, 0.2) is 0 Å². The van der Waals surface area contributed by atoms with Gasteiger partial charge in [-0.25, -0.2) is 0 Å². The highest BCUT2D eigenvalue weighted by molar-refractivity contribution is 5.91. The number of anilines is 1. The highest BCUT2D eigenvalue weighted by Crippen LogP contribution is 2.15. The van der Waals surface area contributed by atoms with Crippen LogP contribution in [0.25, 0.3) is 0 Å². The van der Waals surface area contributed by atoms with E-state index in [1.54, 1.807) is 43.4 Å². The SMILES string of the molecule is COc1ccc(CCN(CCC(=O)Nc2ccc(OC)cc2)C(C)=O)cc1. The van der Waals surface area contributed by atoms with Gasteiger partial charge in [0.2, 0.25) is 11.8 Å². The van der Waals surface area contributed by atoms with Gasteiger partial charge in [0, 0.05) is 32.1 Å². The van der Waals surface area contributed by atoms with Crippen molar-refractivity contribution in [2.24, 2.45) is 0 Å². The minimum Gasteiger partial charge on any atom is -0.497 e. The predicted octanol–water partition coefficient (Wildman–Crippen LogP) is 3.12. The Kier molecular flexibility index (Phi) is 7.67. The van der Waals surface area contributed by atoms with Gasteiger partial charge in [0.1, 0.15) is 11.5 Å². The van der Waals surface area contributed by atoms with E-state index in [2.05, 4.69) is 5.32 Å². The Balaban J connectivity index is 1.81. The molecule has 0 heterocycles. The molecule has 2 amide bonds. The van der Waals surface area contributed by atoms with Gasteiger partial charge in [-0.15, -0.1) is 0 Å². The number of hydrogen-bond acceptors (Lipinski definition) is 4. The average molecular weight is 370 g/mol. The van der Waals surface area contributed by atoms with Gasteiger partial charge in [-0.05, 0) is 48.4 Å². The van der Waals surface area contributed by atoms with Crippen LogP contribution in [0, 0.1) is 0 Å². The first kappa shape index (κ1) is 20.3. The minimum absolute atomic E-state index is 0.0410. The summed E-state index contributed by atoms with van der Waals surface area (Å²) in [5, 5.41) is 2.83. The maximum absolute atomic E-state index is 12.1. The number of ether oxygens (including phenoxy) is 2. The normalized spacial score (nSPS) is 10.2. The van der Waals surface area contributed by atoms with Gasteiger partial charge in [-0.1, -0.05) is 12.1 Å². The van der Waals surface area contributed by atoms with Crippen molar-refractivity contribution in [3.63, 3.8) is 0 Å². The van der Waals surface area contributed by atoms with Gasteiger partial charge in [-0.3, -0.25) is 9.59 Å². The van der Waals surface area contributed by atoms with Crippen LogP contribution in [-0.4, -0.2) is 44.0 Å². The second-order valence-corrected chi connectivity index (χ2v) is 6.13. The Morgan fingerprint density at radius 1 is 0.889 bits per heavy atom. The zero-order chi connectivity index (χ0) is 19.6. The van der Waals surface area contributed by atoms with Crippen LogP contribution in [0.15, 0.2) is 48.5 Å². The summed E-state index contributed by atoms with van der Waals surface area (Å²) in [5.41, 5.74) is 1.82. The van der Waals surface area contributed by atoms with Crippen LogP contribution >= 0.6 is 0 Å². The summed E-state index contributed by atoms with van der Waals surface area (Å²) in [6.07, 6.45) is 0.970. The summed E-state index contributed by atoms with van der Waals surface area (Å²) < 4.78 is 10.2. The van der Waals surface area contributed by atoms with E-state index in [-0.39, 0.29) is 18.2 Å². The number of carbonyl (C=O) groups excluding carboxylic acids is 2. The molecule has 0 aromatic heterocycles. The quantitative estimate of drug-likeness (QED) is 0.736. The van der Waals surface area contributed by atoms with Crippen molar-refractivity contribution in [2.45, 2.75) is 19.8 Å². The molecule has 2 aromatic carbocycles. The molecule has 2 rings (SSSR count). The highest BCUT2D eigenvalue weighted by Gasteiger charge is 2.12. The van der Waals surface area contributed by atoms with Crippen LogP contribution in [-0.2, 0) is 16.0 Å².